The average molecular weight is 288 g/mol. The molecule has 0 spiro atoms. The van der Waals surface area contributed by atoms with Gasteiger partial charge in [-0.1, -0.05) is 0 Å². The summed E-state index contributed by atoms with van der Waals surface area (Å²) in [5, 5.41) is 13.8. The number of aromatic nitrogens is 2. The Balaban J connectivity index is 2.45. The van der Waals surface area contributed by atoms with Crippen LogP contribution in [-0.2, 0) is 0 Å². The van der Waals surface area contributed by atoms with Gasteiger partial charge in [-0.3, -0.25) is 15.1 Å². The minimum absolute atomic E-state index is 0.0213. The number of hydrogen-bond acceptors (Lipinski definition) is 6. The predicted octanol–water partition coefficient (Wildman–Crippen LogP) is 2.88. The molecule has 0 unspecified atom stereocenters. The number of hydrogen-bond donors (Lipinski definition) is 1. The fourth-order valence-corrected chi connectivity index (χ4v) is 1.79. The number of pyridine rings is 2. The molecule has 2 aromatic rings. The Morgan fingerprint density at radius 1 is 1.29 bits per heavy atom. The fraction of sp³-hybridized carbons (Fsp3) is 0.286. The lowest BCUT2D eigenvalue weighted by molar-refractivity contribution is -0.384. The molecule has 110 valence electrons. The first kappa shape index (κ1) is 14.7. The van der Waals surface area contributed by atoms with Crippen LogP contribution in [0.1, 0.15) is 13.8 Å². The van der Waals surface area contributed by atoms with E-state index < -0.39 is 4.92 Å². The molecule has 0 aliphatic rings. The van der Waals surface area contributed by atoms with Gasteiger partial charge >= 0.3 is 0 Å². The lowest BCUT2D eigenvalue weighted by Gasteiger charge is -2.10. The van der Waals surface area contributed by atoms with Crippen LogP contribution in [0, 0.1) is 10.1 Å². The number of anilines is 1. The molecule has 0 aliphatic heterocycles. The van der Waals surface area contributed by atoms with E-state index >= 15 is 0 Å². The minimum Gasteiger partial charge on any atom is -0.489 e. The number of nitro groups is 1. The maximum atomic E-state index is 11.0. The largest absolute Gasteiger partial charge is 0.489 e. The maximum Gasteiger partial charge on any atom is 0.275 e. The van der Waals surface area contributed by atoms with Crippen LogP contribution >= 0.6 is 0 Å². The lowest BCUT2D eigenvalue weighted by Crippen LogP contribution is -2.05. The Labute approximate surface area is 122 Å². The van der Waals surface area contributed by atoms with Crippen molar-refractivity contribution in [2.24, 2.45) is 0 Å². The van der Waals surface area contributed by atoms with Crippen molar-refractivity contribution in [1.29, 1.82) is 0 Å². The Hall–Kier alpha value is -2.70. The average Bonchev–Trinajstić information content (AvgIpc) is 2.46. The molecule has 0 aromatic carbocycles. The third kappa shape index (κ3) is 3.65. The van der Waals surface area contributed by atoms with Gasteiger partial charge in [0.2, 0.25) is 0 Å². The maximum absolute atomic E-state index is 11.0. The first-order valence-electron chi connectivity index (χ1n) is 6.46. The quantitative estimate of drug-likeness (QED) is 0.672. The molecule has 0 bridgehead atoms. The van der Waals surface area contributed by atoms with Gasteiger partial charge in [-0.2, -0.15) is 0 Å². The van der Waals surface area contributed by atoms with E-state index in [1.165, 1.54) is 12.1 Å². The van der Waals surface area contributed by atoms with Crippen LogP contribution in [0.3, 0.4) is 0 Å². The summed E-state index contributed by atoms with van der Waals surface area (Å²) in [6.07, 6.45) is 3.21. The van der Waals surface area contributed by atoms with Crippen LogP contribution in [0.2, 0.25) is 0 Å². The van der Waals surface area contributed by atoms with E-state index in [0.29, 0.717) is 22.8 Å². The number of nitrogens with zero attached hydrogens (tertiary/aromatic N) is 3. The molecule has 0 saturated heterocycles. The van der Waals surface area contributed by atoms with E-state index in [-0.39, 0.29) is 11.8 Å². The van der Waals surface area contributed by atoms with Crippen LogP contribution in [0.15, 0.2) is 30.6 Å². The topological polar surface area (TPSA) is 90.2 Å². The highest BCUT2D eigenvalue weighted by atomic mass is 16.6. The van der Waals surface area contributed by atoms with Crippen molar-refractivity contribution in [3.63, 3.8) is 0 Å². The van der Waals surface area contributed by atoms with E-state index in [2.05, 4.69) is 15.3 Å². The van der Waals surface area contributed by atoms with Crippen molar-refractivity contribution in [2.75, 3.05) is 12.4 Å². The van der Waals surface area contributed by atoms with Crippen LogP contribution in [0.4, 0.5) is 11.5 Å². The van der Waals surface area contributed by atoms with Gasteiger partial charge in [0.05, 0.1) is 29.0 Å². The molecule has 21 heavy (non-hydrogen) atoms. The van der Waals surface area contributed by atoms with Gasteiger partial charge in [-0.25, -0.2) is 4.98 Å². The lowest BCUT2D eigenvalue weighted by atomic mass is 10.1. The molecule has 0 atom stereocenters. The summed E-state index contributed by atoms with van der Waals surface area (Å²) < 4.78 is 5.57. The molecule has 2 heterocycles. The molecule has 0 saturated carbocycles. The van der Waals surface area contributed by atoms with Gasteiger partial charge in [0, 0.05) is 24.9 Å². The smallest absolute Gasteiger partial charge is 0.275 e. The second kappa shape index (κ2) is 6.17. The first-order valence-corrected chi connectivity index (χ1v) is 6.46. The predicted molar refractivity (Wildman–Crippen MR) is 79.4 cm³/mol. The summed E-state index contributed by atoms with van der Waals surface area (Å²) in [7, 11) is 1.66. The zero-order chi connectivity index (χ0) is 15.4. The summed E-state index contributed by atoms with van der Waals surface area (Å²) in [5.41, 5.74) is 1.10. The summed E-state index contributed by atoms with van der Waals surface area (Å²) in [4.78, 5) is 18.9. The number of ether oxygens (including phenoxy) is 1. The van der Waals surface area contributed by atoms with Crippen molar-refractivity contribution < 1.29 is 9.66 Å². The second-order valence-electron chi connectivity index (χ2n) is 4.68. The molecule has 2 rings (SSSR count). The zero-order valence-electron chi connectivity index (χ0n) is 12.0. The van der Waals surface area contributed by atoms with Gasteiger partial charge < -0.3 is 10.1 Å². The summed E-state index contributed by atoms with van der Waals surface area (Å²) in [6, 6.07) is 4.56. The summed E-state index contributed by atoms with van der Waals surface area (Å²) >= 11 is 0. The molecule has 7 heteroatoms. The van der Waals surface area contributed by atoms with E-state index in [1.807, 2.05) is 13.8 Å². The molecule has 0 amide bonds. The Morgan fingerprint density at radius 2 is 2.05 bits per heavy atom. The van der Waals surface area contributed by atoms with Gasteiger partial charge in [0.15, 0.2) is 0 Å². The van der Waals surface area contributed by atoms with Crippen molar-refractivity contribution >= 4 is 11.5 Å². The fourth-order valence-electron chi connectivity index (χ4n) is 1.79. The Morgan fingerprint density at radius 3 is 2.67 bits per heavy atom. The van der Waals surface area contributed by atoms with Crippen molar-refractivity contribution in [3.8, 4) is 17.0 Å². The van der Waals surface area contributed by atoms with E-state index in [0.717, 1.165) is 0 Å². The minimum atomic E-state index is -0.450. The van der Waals surface area contributed by atoms with Gasteiger partial charge in [-0.05, 0) is 19.9 Å². The van der Waals surface area contributed by atoms with Gasteiger partial charge in [0.1, 0.15) is 11.6 Å². The summed E-state index contributed by atoms with van der Waals surface area (Å²) in [6.45, 7) is 3.83. The summed E-state index contributed by atoms with van der Waals surface area (Å²) in [5.74, 6) is 1.02. The molecular weight excluding hydrogens is 272 g/mol. The highest BCUT2D eigenvalue weighted by Gasteiger charge is 2.13. The molecule has 0 aliphatic carbocycles. The molecule has 0 fully saturated rings. The van der Waals surface area contributed by atoms with Crippen molar-refractivity contribution in [1.82, 2.24) is 9.97 Å². The Bertz CT molecular complexity index is 658. The second-order valence-corrected chi connectivity index (χ2v) is 4.68. The highest BCUT2D eigenvalue weighted by molar-refractivity contribution is 5.65. The monoisotopic (exact) mass is 288 g/mol. The Kier molecular flexibility index (Phi) is 4.32. The molecular formula is C14H16N4O3. The third-order valence-electron chi connectivity index (χ3n) is 2.66. The van der Waals surface area contributed by atoms with E-state index in [9.17, 15) is 10.1 Å². The van der Waals surface area contributed by atoms with Gasteiger partial charge in [-0.15, -0.1) is 0 Å². The van der Waals surface area contributed by atoms with E-state index in [1.54, 1.807) is 25.5 Å². The zero-order valence-corrected chi connectivity index (χ0v) is 12.0. The van der Waals surface area contributed by atoms with E-state index in [4.69, 9.17) is 4.74 Å². The first-order chi connectivity index (χ1) is 9.99. The van der Waals surface area contributed by atoms with Crippen molar-refractivity contribution in [3.05, 3.63) is 40.7 Å². The normalized spacial score (nSPS) is 10.5. The molecule has 0 radical (unpaired) electrons. The SMILES string of the molecule is CNc1cc([N+](=O)[O-])cc(-c2cncc(OC(C)C)c2)n1. The number of nitrogens with one attached hydrogen (secondary N) is 1. The molecule has 7 nitrogen and oxygen atoms in total. The van der Waals surface area contributed by atoms with Crippen molar-refractivity contribution in [2.45, 2.75) is 20.0 Å². The molecule has 1 N–H and O–H groups in total. The third-order valence-corrected chi connectivity index (χ3v) is 2.66. The van der Waals surface area contributed by atoms with Crippen LogP contribution in [0.25, 0.3) is 11.3 Å². The van der Waals surface area contributed by atoms with Crippen LogP contribution in [0.5, 0.6) is 5.75 Å². The van der Waals surface area contributed by atoms with Crippen LogP contribution < -0.4 is 10.1 Å². The molecule has 2 aromatic heterocycles. The standard InChI is InChI=1S/C14H16N4O3/c1-9(2)21-12-4-10(7-16-8-12)13-5-11(18(19)20)6-14(15-3)17-13/h4-9H,1-3H3,(H,15,17). The number of rotatable bonds is 5. The van der Waals surface area contributed by atoms with Crippen LogP contribution in [-0.4, -0.2) is 28.0 Å². The van der Waals surface area contributed by atoms with Gasteiger partial charge in [0.25, 0.3) is 5.69 Å². The highest BCUT2D eigenvalue weighted by Crippen LogP contribution is 2.27.